The number of amides is 1. The van der Waals surface area contributed by atoms with Gasteiger partial charge in [0, 0.05) is 11.6 Å². The second-order valence-electron chi connectivity index (χ2n) is 3.37. The molecule has 7 nitrogen and oxygen atoms in total. The third-order valence-electron chi connectivity index (χ3n) is 2.33. The number of benzene rings is 1. The average Bonchev–Trinajstić information content (AvgIpc) is 2.83. The van der Waals surface area contributed by atoms with Gasteiger partial charge in [0.05, 0.1) is 18.1 Å². The number of carbonyl (C=O) groups excluding carboxylic acids is 1. The standard InChI is InChI=1S/C10H10N2O5/c13-6-11-8-2-1-7(5-9(8)12(14)15)10-16-3-4-17-10/h1-2,5-6,10H,3-4H2,(H,11,13). The normalized spacial score (nSPS) is 15.8. The number of anilines is 1. The fourth-order valence-corrected chi connectivity index (χ4v) is 1.58. The van der Waals surface area contributed by atoms with Crippen LogP contribution in [0.25, 0.3) is 0 Å². The second kappa shape index (κ2) is 4.89. The third-order valence-corrected chi connectivity index (χ3v) is 2.33. The zero-order valence-corrected chi connectivity index (χ0v) is 8.79. The van der Waals surface area contributed by atoms with Gasteiger partial charge in [-0.05, 0) is 6.07 Å². The van der Waals surface area contributed by atoms with Crippen LogP contribution in [0.3, 0.4) is 0 Å². The fraction of sp³-hybridized carbons (Fsp3) is 0.300. The van der Waals surface area contributed by atoms with Gasteiger partial charge in [-0.1, -0.05) is 6.07 Å². The summed E-state index contributed by atoms with van der Waals surface area (Å²) in [7, 11) is 0. The van der Waals surface area contributed by atoms with Gasteiger partial charge in [0.25, 0.3) is 5.69 Å². The molecule has 1 amide bonds. The molecule has 0 radical (unpaired) electrons. The Kier molecular flexibility index (Phi) is 3.31. The zero-order chi connectivity index (χ0) is 12.3. The predicted octanol–water partition coefficient (Wildman–Crippen LogP) is 1.21. The Morgan fingerprint density at radius 3 is 2.71 bits per heavy atom. The zero-order valence-electron chi connectivity index (χ0n) is 8.79. The lowest BCUT2D eigenvalue weighted by atomic mass is 10.1. The molecule has 1 N–H and O–H groups in total. The average molecular weight is 238 g/mol. The molecule has 0 aliphatic carbocycles. The van der Waals surface area contributed by atoms with E-state index in [2.05, 4.69) is 5.32 Å². The van der Waals surface area contributed by atoms with Crippen molar-refractivity contribution in [2.75, 3.05) is 18.5 Å². The van der Waals surface area contributed by atoms with Crippen molar-refractivity contribution in [3.05, 3.63) is 33.9 Å². The maximum Gasteiger partial charge on any atom is 0.293 e. The van der Waals surface area contributed by atoms with E-state index in [-0.39, 0.29) is 11.4 Å². The van der Waals surface area contributed by atoms with E-state index in [0.29, 0.717) is 25.2 Å². The molecular weight excluding hydrogens is 228 g/mol. The van der Waals surface area contributed by atoms with Crippen LogP contribution in [0.5, 0.6) is 0 Å². The Bertz CT molecular complexity index is 442. The van der Waals surface area contributed by atoms with E-state index in [4.69, 9.17) is 9.47 Å². The number of rotatable bonds is 4. The van der Waals surface area contributed by atoms with Crippen LogP contribution in [0.1, 0.15) is 11.9 Å². The van der Waals surface area contributed by atoms with Gasteiger partial charge in [0.15, 0.2) is 6.29 Å². The van der Waals surface area contributed by atoms with E-state index in [1.165, 1.54) is 12.1 Å². The van der Waals surface area contributed by atoms with Gasteiger partial charge in [0.2, 0.25) is 6.41 Å². The minimum Gasteiger partial charge on any atom is -0.346 e. The van der Waals surface area contributed by atoms with Crippen molar-refractivity contribution in [1.82, 2.24) is 0 Å². The number of carbonyl (C=O) groups is 1. The molecule has 90 valence electrons. The summed E-state index contributed by atoms with van der Waals surface area (Å²) in [5.41, 5.74) is 0.520. The number of nitro benzene ring substituents is 1. The summed E-state index contributed by atoms with van der Waals surface area (Å²) in [5, 5.41) is 13.1. The van der Waals surface area contributed by atoms with E-state index < -0.39 is 11.2 Å². The van der Waals surface area contributed by atoms with Crippen LogP contribution in [0.4, 0.5) is 11.4 Å². The number of hydrogen-bond donors (Lipinski definition) is 1. The fourth-order valence-electron chi connectivity index (χ4n) is 1.58. The van der Waals surface area contributed by atoms with Crippen LogP contribution in [0, 0.1) is 10.1 Å². The van der Waals surface area contributed by atoms with Crippen LogP contribution in [0.15, 0.2) is 18.2 Å². The summed E-state index contributed by atoms with van der Waals surface area (Å²) in [4.78, 5) is 20.6. The van der Waals surface area contributed by atoms with Crippen molar-refractivity contribution in [1.29, 1.82) is 0 Å². The van der Waals surface area contributed by atoms with Gasteiger partial charge in [-0.25, -0.2) is 0 Å². The van der Waals surface area contributed by atoms with Crippen molar-refractivity contribution >= 4 is 17.8 Å². The van der Waals surface area contributed by atoms with Crippen LogP contribution in [-0.2, 0) is 14.3 Å². The Balaban J connectivity index is 2.33. The molecule has 0 unspecified atom stereocenters. The molecule has 1 heterocycles. The van der Waals surface area contributed by atoms with Crippen LogP contribution < -0.4 is 5.32 Å². The van der Waals surface area contributed by atoms with E-state index in [9.17, 15) is 14.9 Å². The number of hydrogen-bond acceptors (Lipinski definition) is 5. The molecule has 1 aromatic carbocycles. The van der Waals surface area contributed by atoms with Gasteiger partial charge >= 0.3 is 0 Å². The van der Waals surface area contributed by atoms with Crippen LogP contribution in [0.2, 0.25) is 0 Å². The smallest absolute Gasteiger partial charge is 0.293 e. The van der Waals surface area contributed by atoms with Gasteiger partial charge < -0.3 is 14.8 Å². The Hall–Kier alpha value is -1.99. The monoisotopic (exact) mass is 238 g/mol. The number of ether oxygens (including phenoxy) is 2. The van der Waals surface area contributed by atoms with Gasteiger partial charge in [0.1, 0.15) is 5.69 Å². The third kappa shape index (κ3) is 2.40. The minimum absolute atomic E-state index is 0.145. The summed E-state index contributed by atoms with van der Waals surface area (Å²) in [5.74, 6) is 0. The maximum atomic E-state index is 10.8. The molecule has 0 saturated carbocycles. The summed E-state index contributed by atoms with van der Waals surface area (Å²) < 4.78 is 10.5. The van der Waals surface area contributed by atoms with Gasteiger partial charge in [-0.15, -0.1) is 0 Å². The SMILES string of the molecule is O=CNc1ccc(C2OCCO2)cc1[N+](=O)[O-]. The number of nitrogens with one attached hydrogen (secondary N) is 1. The molecule has 0 atom stereocenters. The molecular formula is C10H10N2O5. The maximum absolute atomic E-state index is 10.8. The predicted molar refractivity (Wildman–Crippen MR) is 57.4 cm³/mol. The largest absolute Gasteiger partial charge is 0.346 e. The molecule has 1 saturated heterocycles. The summed E-state index contributed by atoms with van der Waals surface area (Å²) in [6, 6.07) is 4.41. The number of nitrogens with zero attached hydrogens (tertiary/aromatic N) is 1. The molecule has 1 aromatic rings. The second-order valence-corrected chi connectivity index (χ2v) is 3.37. The molecule has 1 aliphatic rings. The Labute approximate surface area is 96.5 Å². The molecule has 0 bridgehead atoms. The quantitative estimate of drug-likeness (QED) is 0.483. The van der Waals surface area contributed by atoms with Crippen LogP contribution >= 0.6 is 0 Å². The lowest BCUT2D eigenvalue weighted by molar-refractivity contribution is -0.384. The first-order valence-corrected chi connectivity index (χ1v) is 4.94. The first-order valence-electron chi connectivity index (χ1n) is 4.94. The minimum atomic E-state index is -0.570. The molecule has 1 aliphatic heterocycles. The highest BCUT2D eigenvalue weighted by molar-refractivity contribution is 5.77. The van der Waals surface area contributed by atoms with E-state index in [0.717, 1.165) is 0 Å². The molecule has 0 spiro atoms. The Morgan fingerprint density at radius 2 is 2.12 bits per heavy atom. The van der Waals surface area contributed by atoms with E-state index >= 15 is 0 Å². The summed E-state index contributed by atoms with van der Waals surface area (Å²) in [6.45, 7) is 0.930. The van der Waals surface area contributed by atoms with Crippen molar-refractivity contribution in [2.45, 2.75) is 6.29 Å². The highest BCUT2D eigenvalue weighted by atomic mass is 16.7. The summed E-state index contributed by atoms with van der Waals surface area (Å²) >= 11 is 0. The molecule has 1 fully saturated rings. The highest BCUT2D eigenvalue weighted by Gasteiger charge is 2.22. The van der Waals surface area contributed by atoms with Gasteiger partial charge in [-0.2, -0.15) is 0 Å². The molecule has 7 heteroatoms. The van der Waals surface area contributed by atoms with Crippen molar-refractivity contribution in [2.24, 2.45) is 0 Å². The molecule has 2 rings (SSSR count). The van der Waals surface area contributed by atoms with E-state index in [1.807, 2.05) is 0 Å². The highest BCUT2D eigenvalue weighted by Crippen LogP contribution is 2.31. The number of nitro groups is 1. The molecule has 0 aromatic heterocycles. The van der Waals surface area contributed by atoms with Crippen molar-refractivity contribution in [3.63, 3.8) is 0 Å². The van der Waals surface area contributed by atoms with Crippen LogP contribution in [-0.4, -0.2) is 24.5 Å². The van der Waals surface area contributed by atoms with Gasteiger partial charge in [-0.3, -0.25) is 14.9 Å². The van der Waals surface area contributed by atoms with Crippen molar-refractivity contribution in [3.8, 4) is 0 Å². The first-order chi connectivity index (χ1) is 8.22. The van der Waals surface area contributed by atoms with Crippen molar-refractivity contribution < 1.29 is 19.2 Å². The lowest BCUT2D eigenvalue weighted by Crippen LogP contribution is -2.03. The Morgan fingerprint density at radius 1 is 1.41 bits per heavy atom. The van der Waals surface area contributed by atoms with E-state index in [1.54, 1.807) is 6.07 Å². The first kappa shape index (κ1) is 11.5. The molecule has 17 heavy (non-hydrogen) atoms. The topological polar surface area (TPSA) is 90.7 Å². The summed E-state index contributed by atoms with van der Waals surface area (Å²) in [6.07, 6.45) is -0.177. The lowest BCUT2D eigenvalue weighted by Gasteiger charge is -2.10.